The first kappa shape index (κ1) is 16.1. The molecule has 0 fully saturated rings. The Hall–Kier alpha value is -3.34. The topological polar surface area (TPSA) is 44.9 Å². The van der Waals surface area contributed by atoms with Crippen LogP contribution in [0.3, 0.4) is 0 Å². The Morgan fingerprint density at radius 3 is 2.65 bits per heavy atom. The van der Waals surface area contributed by atoms with Crippen molar-refractivity contribution in [3.8, 4) is 11.4 Å². The number of methoxy groups -OCH3 is 1. The van der Waals surface area contributed by atoms with Crippen LogP contribution in [-0.4, -0.2) is 26.2 Å². The number of fused-ring (bicyclic) bond motifs is 1. The molecule has 0 spiro atoms. The van der Waals surface area contributed by atoms with Crippen molar-refractivity contribution in [2.45, 2.75) is 6.92 Å². The highest BCUT2D eigenvalue weighted by atomic mass is 16.5. The van der Waals surface area contributed by atoms with Gasteiger partial charge in [-0.15, -0.1) is 0 Å². The number of imidazole rings is 2. The third-order valence-electron chi connectivity index (χ3n) is 4.44. The first-order valence-electron chi connectivity index (χ1n) is 8.44. The maximum Gasteiger partial charge on any atom is 0.143 e. The van der Waals surface area contributed by atoms with Gasteiger partial charge in [-0.3, -0.25) is 0 Å². The van der Waals surface area contributed by atoms with Gasteiger partial charge in [0.15, 0.2) is 0 Å². The van der Waals surface area contributed by atoms with E-state index in [9.17, 15) is 0 Å². The summed E-state index contributed by atoms with van der Waals surface area (Å²) in [6.07, 6.45) is 7.84. The van der Waals surface area contributed by atoms with E-state index in [1.54, 1.807) is 13.4 Å². The lowest BCUT2D eigenvalue weighted by molar-refractivity contribution is 0.413. The van der Waals surface area contributed by atoms with Crippen molar-refractivity contribution in [3.05, 3.63) is 72.1 Å². The number of ether oxygens (including phenoxy) is 1. The monoisotopic (exact) mass is 344 g/mol. The van der Waals surface area contributed by atoms with Gasteiger partial charge in [-0.05, 0) is 42.8 Å². The molecule has 0 atom stereocenters. The molecule has 2 heterocycles. The van der Waals surface area contributed by atoms with Crippen LogP contribution in [0.15, 0.2) is 55.0 Å². The van der Waals surface area contributed by atoms with Crippen molar-refractivity contribution in [1.29, 1.82) is 0 Å². The van der Waals surface area contributed by atoms with Gasteiger partial charge in [0.25, 0.3) is 0 Å². The van der Waals surface area contributed by atoms with E-state index in [0.29, 0.717) is 0 Å². The second-order valence-electron chi connectivity index (χ2n) is 6.20. The third-order valence-corrected chi connectivity index (χ3v) is 4.44. The van der Waals surface area contributed by atoms with E-state index in [-0.39, 0.29) is 0 Å². The van der Waals surface area contributed by atoms with E-state index in [4.69, 9.17) is 4.74 Å². The molecule has 5 heteroatoms. The summed E-state index contributed by atoms with van der Waals surface area (Å²) >= 11 is 0. The van der Waals surface area contributed by atoms with Crippen LogP contribution in [0.1, 0.15) is 17.1 Å². The van der Waals surface area contributed by atoms with Gasteiger partial charge in [-0.25, -0.2) is 9.97 Å². The molecule has 0 amide bonds. The first-order chi connectivity index (χ1) is 12.7. The Bertz CT molecular complexity index is 1100. The van der Waals surface area contributed by atoms with Crippen LogP contribution < -0.4 is 4.74 Å². The molecule has 4 aromatic rings. The Morgan fingerprint density at radius 2 is 1.92 bits per heavy atom. The summed E-state index contributed by atoms with van der Waals surface area (Å²) in [5, 5.41) is 0. The Morgan fingerprint density at radius 1 is 1.08 bits per heavy atom. The summed E-state index contributed by atoms with van der Waals surface area (Å²) in [5.41, 5.74) is 5.11. The van der Waals surface area contributed by atoms with Gasteiger partial charge >= 0.3 is 0 Å². The molecular weight excluding hydrogens is 324 g/mol. The molecule has 0 unspecified atom stereocenters. The highest BCUT2D eigenvalue weighted by Crippen LogP contribution is 2.25. The maximum atomic E-state index is 5.57. The number of aryl methyl sites for hydroxylation is 2. The van der Waals surface area contributed by atoms with Crippen LogP contribution in [0.25, 0.3) is 28.9 Å². The summed E-state index contributed by atoms with van der Waals surface area (Å²) in [4.78, 5) is 8.95. The average molecular weight is 344 g/mol. The SMILES string of the molecule is COc1cc(/C=C/c2nc3ccccc3n2C)ccc1-n1cnc(C)c1. The average Bonchev–Trinajstić information content (AvgIpc) is 3.23. The summed E-state index contributed by atoms with van der Waals surface area (Å²) in [7, 11) is 3.71. The van der Waals surface area contributed by atoms with E-state index < -0.39 is 0 Å². The van der Waals surface area contributed by atoms with Crippen LogP contribution in [0.4, 0.5) is 0 Å². The quantitative estimate of drug-likeness (QED) is 0.556. The molecule has 0 aliphatic heterocycles. The minimum Gasteiger partial charge on any atom is -0.495 e. The molecule has 4 rings (SSSR count). The summed E-state index contributed by atoms with van der Waals surface area (Å²) in [6.45, 7) is 1.97. The molecule has 0 aliphatic rings. The van der Waals surface area contributed by atoms with Gasteiger partial charge < -0.3 is 13.9 Å². The zero-order valence-electron chi connectivity index (χ0n) is 15.0. The zero-order chi connectivity index (χ0) is 18.1. The third kappa shape index (κ3) is 2.88. The highest BCUT2D eigenvalue weighted by molar-refractivity contribution is 5.80. The summed E-state index contributed by atoms with van der Waals surface area (Å²) in [5.74, 6) is 1.72. The lowest BCUT2D eigenvalue weighted by Crippen LogP contribution is -1.96. The predicted octanol–water partition coefficient (Wildman–Crippen LogP) is 4.25. The number of rotatable bonds is 4. The smallest absolute Gasteiger partial charge is 0.143 e. The second-order valence-corrected chi connectivity index (χ2v) is 6.20. The minimum atomic E-state index is 0.801. The molecule has 130 valence electrons. The van der Waals surface area contributed by atoms with Gasteiger partial charge in [0.05, 0.1) is 35.9 Å². The molecule has 2 aromatic heterocycles. The molecule has 0 radical (unpaired) electrons. The standard InChI is InChI=1S/C21H20N4O/c1-15-13-25(14-22-15)19-10-8-16(12-20(19)26-3)9-11-21-23-17-6-4-5-7-18(17)24(21)2/h4-14H,1-3H3/b11-9+. The van der Waals surface area contributed by atoms with Crippen molar-refractivity contribution in [3.63, 3.8) is 0 Å². The van der Waals surface area contributed by atoms with Crippen molar-refractivity contribution in [2.75, 3.05) is 7.11 Å². The summed E-state index contributed by atoms with van der Waals surface area (Å²) < 4.78 is 9.62. The number of para-hydroxylation sites is 2. The van der Waals surface area contributed by atoms with Gasteiger partial charge in [-0.1, -0.05) is 24.3 Å². The fourth-order valence-corrected chi connectivity index (χ4v) is 3.05. The molecule has 0 aliphatic carbocycles. The molecule has 0 N–H and O–H groups in total. The van der Waals surface area contributed by atoms with Crippen LogP contribution >= 0.6 is 0 Å². The Balaban J connectivity index is 1.67. The van der Waals surface area contributed by atoms with Gasteiger partial charge in [-0.2, -0.15) is 0 Å². The lowest BCUT2D eigenvalue weighted by Gasteiger charge is -2.10. The Labute approximate surface area is 152 Å². The van der Waals surface area contributed by atoms with Gasteiger partial charge in [0, 0.05) is 13.2 Å². The van der Waals surface area contributed by atoms with E-state index in [2.05, 4.69) is 26.7 Å². The molecule has 0 bridgehead atoms. The molecule has 26 heavy (non-hydrogen) atoms. The second kappa shape index (κ2) is 6.52. The molecule has 0 saturated carbocycles. The molecule has 5 nitrogen and oxygen atoms in total. The van der Waals surface area contributed by atoms with E-state index in [0.717, 1.165) is 39.6 Å². The molecule has 2 aromatic carbocycles. The van der Waals surface area contributed by atoms with Crippen molar-refractivity contribution < 1.29 is 4.74 Å². The van der Waals surface area contributed by atoms with Gasteiger partial charge in [0.1, 0.15) is 11.6 Å². The van der Waals surface area contributed by atoms with E-state index >= 15 is 0 Å². The number of aromatic nitrogens is 4. The van der Waals surface area contributed by atoms with E-state index in [1.165, 1.54) is 0 Å². The summed E-state index contributed by atoms with van der Waals surface area (Å²) in [6, 6.07) is 14.2. The number of nitrogens with zero attached hydrogens (tertiary/aromatic N) is 4. The largest absolute Gasteiger partial charge is 0.495 e. The van der Waals surface area contributed by atoms with Crippen LogP contribution in [0.2, 0.25) is 0 Å². The van der Waals surface area contributed by atoms with Crippen molar-refractivity contribution >= 4 is 23.2 Å². The number of hydrogen-bond donors (Lipinski definition) is 0. The fraction of sp³-hybridized carbons (Fsp3) is 0.143. The van der Waals surface area contributed by atoms with Crippen LogP contribution in [-0.2, 0) is 7.05 Å². The van der Waals surface area contributed by atoms with Crippen molar-refractivity contribution in [1.82, 2.24) is 19.1 Å². The zero-order valence-corrected chi connectivity index (χ0v) is 15.0. The molecular formula is C21H20N4O. The predicted molar refractivity (Wildman–Crippen MR) is 104 cm³/mol. The number of hydrogen-bond acceptors (Lipinski definition) is 3. The minimum absolute atomic E-state index is 0.801. The first-order valence-corrected chi connectivity index (χ1v) is 8.44. The van der Waals surface area contributed by atoms with Crippen LogP contribution in [0, 0.1) is 6.92 Å². The van der Waals surface area contributed by atoms with Crippen molar-refractivity contribution in [2.24, 2.45) is 7.05 Å². The van der Waals surface area contributed by atoms with E-state index in [1.807, 2.05) is 67.2 Å². The van der Waals surface area contributed by atoms with Crippen LogP contribution in [0.5, 0.6) is 5.75 Å². The lowest BCUT2D eigenvalue weighted by atomic mass is 10.1. The Kier molecular flexibility index (Phi) is 4.05. The maximum absolute atomic E-state index is 5.57. The number of benzene rings is 2. The molecule has 0 saturated heterocycles. The highest BCUT2D eigenvalue weighted by Gasteiger charge is 2.07. The van der Waals surface area contributed by atoms with Gasteiger partial charge in [0.2, 0.25) is 0 Å². The normalized spacial score (nSPS) is 11.5. The fourth-order valence-electron chi connectivity index (χ4n) is 3.05.